The van der Waals surface area contributed by atoms with Crippen molar-refractivity contribution in [1.29, 1.82) is 0 Å². The number of carboxylic acid groups (broad SMARTS) is 1. The Bertz CT molecular complexity index is 860. The first-order valence-electron chi connectivity index (χ1n) is 6.93. The zero-order valence-corrected chi connectivity index (χ0v) is 12.3. The number of halogens is 1. The molecule has 0 aliphatic carbocycles. The normalized spacial score (nSPS) is 12.3. The molecule has 118 valence electrons. The van der Waals surface area contributed by atoms with Crippen molar-refractivity contribution >= 4 is 23.1 Å². The van der Waals surface area contributed by atoms with Gasteiger partial charge in [-0.2, -0.15) is 0 Å². The van der Waals surface area contributed by atoms with E-state index in [1.54, 1.807) is 18.2 Å². The van der Waals surface area contributed by atoms with Gasteiger partial charge in [-0.1, -0.05) is 18.2 Å². The maximum absolute atomic E-state index is 13.0. The molecule has 0 saturated carbocycles. The van der Waals surface area contributed by atoms with Crippen LogP contribution in [0.5, 0.6) is 0 Å². The van der Waals surface area contributed by atoms with Crippen LogP contribution in [0.3, 0.4) is 0 Å². The Kier molecular flexibility index (Phi) is 3.71. The van der Waals surface area contributed by atoms with E-state index in [1.165, 1.54) is 19.2 Å². The molecule has 0 aliphatic heterocycles. The fourth-order valence-corrected chi connectivity index (χ4v) is 2.32. The lowest BCUT2D eigenvalue weighted by Crippen LogP contribution is -2.24. The van der Waals surface area contributed by atoms with E-state index in [1.807, 2.05) is 12.1 Å². The largest absolute Gasteiger partial charge is 0.465 e. The van der Waals surface area contributed by atoms with Crippen molar-refractivity contribution in [2.45, 2.75) is 6.04 Å². The summed E-state index contributed by atoms with van der Waals surface area (Å²) in [7, 11) is 1.41. The highest BCUT2D eigenvalue weighted by molar-refractivity contribution is 5.87. The second-order valence-corrected chi connectivity index (χ2v) is 5.21. The zero-order valence-electron chi connectivity index (χ0n) is 12.3. The zero-order chi connectivity index (χ0) is 16.6. The Morgan fingerprint density at radius 3 is 2.57 bits per heavy atom. The molecule has 1 atom stereocenters. The van der Waals surface area contributed by atoms with E-state index >= 15 is 0 Å². The molecule has 0 fully saturated rings. The summed E-state index contributed by atoms with van der Waals surface area (Å²) in [6, 6.07) is 11.0. The molecule has 23 heavy (non-hydrogen) atoms. The first-order chi connectivity index (χ1) is 11.0. The molecule has 7 heteroatoms. The van der Waals surface area contributed by atoms with Gasteiger partial charge in [-0.25, -0.2) is 14.2 Å². The van der Waals surface area contributed by atoms with E-state index in [4.69, 9.17) is 10.8 Å². The third kappa shape index (κ3) is 2.86. The molecule has 0 bridgehead atoms. The van der Waals surface area contributed by atoms with Crippen LogP contribution >= 0.6 is 0 Å². The summed E-state index contributed by atoms with van der Waals surface area (Å²) in [5.41, 5.74) is 9.14. The van der Waals surface area contributed by atoms with Crippen LogP contribution in [-0.4, -0.2) is 28.2 Å². The number of fused-ring (bicyclic) bond motifs is 1. The first kappa shape index (κ1) is 15.0. The van der Waals surface area contributed by atoms with Crippen LogP contribution in [0.15, 0.2) is 42.5 Å². The lowest BCUT2D eigenvalue weighted by atomic mass is 9.99. The van der Waals surface area contributed by atoms with Gasteiger partial charge in [0.05, 0.1) is 17.1 Å². The molecule has 0 saturated heterocycles. The number of hydrogen-bond donors (Lipinski definition) is 3. The Hall–Kier alpha value is -2.93. The van der Waals surface area contributed by atoms with E-state index in [0.717, 1.165) is 16.0 Å². The number of aromatic amines is 1. The minimum absolute atomic E-state index is 0.236. The molecule has 3 aromatic rings. The number of nitrogens with zero attached hydrogens (tertiary/aromatic N) is 2. The molecule has 1 aromatic heterocycles. The molecule has 0 aliphatic rings. The van der Waals surface area contributed by atoms with Gasteiger partial charge in [-0.3, -0.25) is 4.90 Å². The van der Waals surface area contributed by atoms with Gasteiger partial charge in [0.1, 0.15) is 5.82 Å². The molecule has 1 unspecified atom stereocenters. The van der Waals surface area contributed by atoms with E-state index in [2.05, 4.69) is 9.97 Å². The van der Waals surface area contributed by atoms with Crippen LogP contribution in [0.2, 0.25) is 0 Å². The summed E-state index contributed by atoms with van der Waals surface area (Å²) in [6.45, 7) is 0. The second kappa shape index (κ2) is 5.69. The number of aromatic nitrogens is 2. The highest BCUT2D eigenvalue weighted by Gasteiger charge is 2.15. The van der Waals surface area contributed by atoms with Crippen LogP contribution in [0.4, 0.5) is 15.1 Å². The number of H-pyrrole nitrogens is 1. The van der Waals surface area contributed by atoms with Gasteiger partial charge in [0.25, 0.3) is 0 Å². The SMILES string of the molecule is CN(C(=O)O)c1nc2ccc(C(N)c3ccc(F)cc3)cc2[nH]1. The maximum atomic E-state index is 13.0. The molecule has 1 heterocycles. The van der Waals surface area contributed by atoms with Crippen LogP contribution < -0.4 is 10.6 Å². The summed E-state index contributed by atoms with van der Waals surface area (Å²) in [5, 5.41) is 8.99. The average Bonchev–Trinajstić information content (AvgIpc) is 2.97. The fourth-order valence-electron chi connectivity index (χ4n) is 2.32. The number of amides is 1. The summed E-state index contributed by atoms with van der Waals surface area (Å²) in [6.07, 6.45) is -1.10. The monoisotopic (exact) mass is 314 g/mol. The van der Waals surface area contributed by atoms with Gasteiger partial charge in [-0.15, -0.1) is 0 Å². The molecule has 0 radical (unpaired) electrons. The minimum atomic E-state index is -1.10. The van der Waals surface area contributed by atoms with Gasteiger partial charge in [0.15, 0.2) is 0 Å². The van der Waals surface area contributed by atoms with Crippen LogP contribution in [-0.2, 0) is 0 Å². The van der Waals surface area contributed by atoms with Crippen molar-refractivity contribution in [2.75, 3.05) is 11.9 Å². The number of benzene rings is 2. The van der Waals surface area contributed by atoms with Gasteiger partial charge in [-0.05, 0) is 35.4 Å². The van der Waals surface area contributed by atoms with Crippen molar-refractivity contribution in [3.05, 3.63) is 59.4 Å². The maximum Gasteiger partial charge on any atom is 0.413 e. The molecule has 6 nitrogen and oxygen atoms in total. The summed E-state index contributed by atoms with van der Waals surface area (Å²) in [4.78, 5) is 19.1. The molecule has 1 amide bonds. The predicted molar refractivity (Wildman–Crippen MR) is 85.0 cm³/mol. The highest BCUT2D eigenvalue weighted by atomic mass is 19.1. The van der Waals surface area contributed by atoms with Crippen LogP contribution in [0.1, 0.15) is 17.2 Å². The molecule has 3 rings (SSSR count). The van der Waals surface area contributed by atoms with Crippen molar-refractivity contribution in [1.82, 2.24) is 9.97 Å². The van der Waals surface area contributed by atoms with E-state index in [0.29, 0.717) is 11.0 Å². The highest BCUT2D eigenvalue weighted by Crippen LogP contribution is 2.24. The minimum Gasteiger partial charge on any atom is -0.465 e. The molecule has 2 aromatic carbocycles. The second-order valence-electron chi connectivity index (χ2n) is 5.21. The number of hydrogen-bond acceptors (Lipinski definition) is 3. The number of imidazole rings is 1. The van der Waals surface area contributed by atoms with Gasteiger partial charge < -0.3 is 15.8 Å². The summed E-state index contributed by atoms with van der Waals surface area (Å²) >= 11 is 0. The fraction of sp³-hybridized carbons (Fsp3) is 0.125. The van der Waals surface area contributed by atoms with Crippen molar-refractivity contribution in [2.24, 2.45) is 5.73 Å². The topological polar surface area (TPSA) is 95.2 Å². The van der Waals surface area contributed by atoms with E-state index in [-0.39, 0.29) is 11.8 Å². The number of nitrogens with one attached hydrogen (secondary N) is 1. The van der Waals surface area contributed by atoms with Crippen LogP contribution in [0, 0.1) is 5.82 Å². The third-order valence-electron chi connectivity index (χ3n) is 3.69. The van der Waals surface area contributed by atoms with Gasteiger partial charge >= 0.3 is 6.09 Å². The lowest BCUT2D eigenvalue weighted by molar-refractivity contribution is 0.203. The average molecular weight is 314 g/mol. The molecule has 0 spiro atoms. The summed E-state index contributed by atoms with van der Waals surface area (Å²) in [5.74, 6) is -0.0775. The van der Waals surface area contributed by atoms with Gasteiger partial charge in [0.2, 0.25) is 5.95 Å². The molecule has 4 N–H and O–H groups in total. The predicted octanol–water partition coefficient (Wildman–Crippen LogP) is 2.86. The Labute approximate surface area is 131 Å². The lowest BCUT2D eigenvalue weighted by Gasteiger charge is -2.12. The van der Waals surface area contributed by atoms with E-state index < -0.39 is 12.1 Å². The van der Waals surface area contributed by atoms with Crippen LogP contribution in [0.25, 0.3) is 11.0 Å². The van der Waals surface area contributed by atoms with Crippen molar-refractivity contribution < 1.29 is 14.3 Å². The van der Waals surface area contributed by atoms with Gasteiger partial charge in [0, 0.05) is 7.05 Å². The number of nitrogens with two attached hydrogens (primary N) is 1. The smallest absolute Gasteiger partial charge is 0.413 e. The van der Waals surface area contributed by atoms with E-state index in [9.17, 15) is 9.18 Å². The third-order valence-corrected chi connectivity index (χ3v) is 3.69. The molecular formula is C16H15FN4O2. The van der Waals surface area contributed by atoms with Crippen molar-refractivity contribution in [3.63, 3.8) is 0 Å². The first-order valence-corrected chi connectivity index (χ1v) is 6.93. The Balaban J connectivity index is 1.96. The Morgan fingerprint density at radius 2 is 1.91 bits per heavy atom. The number of rotatable bonds is 3. The quantitative estimate of drug-likeness (QED) is 0.692. The number of carbonyl (C=O) groups is 1. The number of anilines is 1. The molecular weight excluding hydrogens is 299 g/mol. The van der Waals surface area contributed by atoms with Crippen molar-refractivity contribution in [3.8, 4) is 0 Å². The Morgan fingerprint density at radius 1 is 1.26 bits per heavy atom. The summed E-state index contributed by atoms with van der Waals surface area (Å²) < 4.78 is 13.0. The standard InChI is InChI=1S/C16H15FN4O2/c1-21(16(22)23)15-19-12-7-4-10(8-13(12)20-15)14(18)9-2-5-11(17)6-3-9/h2-8,14H,18H2,1H3,(H,19,20)(H,22,23).